The van der Waals surface area contributed by atoms with Gasteiger partial charge in [-0.15, -0.1) is 0 Å². The van der Waals surface area contributed by atoms with Gasteiger partial charge < -0.3 is 9.32 Å². The van der Waals surface area contributed by atoms with E-state index in [4.69, 9.17) is 4.42 Å². The number of aromatic nitrogens is 1. The van der Waals surface area contributed by atoms with Crippen LogP contribution in [0.15, 0.2) is 50.5 Å². The van der Waals surface area contributed by atoms with Crippen molar-refractivity contribution < 1.29 is 17.6 Å². The fraction of sp³-hybridized carbons (Fsp3) is 0.176. The normalized spacial score (nSPS) is 13.8. The molecule has 0 fully saturated rings. The van der Waals surface area contributed by atoms with Crippen LogP contribution in [-0.2, 0) is 21.2 Å². The Kier molecular flexibility index (Phi) is 3.62. The first-order chi connectivity index (χ1) is 12.3. The highest BCUT2D eigenvalue weighted by Gasteiger charge is 2.25. The molecule has 0 atom stereocenters. The predicted molar refractivity (Wildman–Crippen MR) is 95.8 cm³/mol. The van der Waals surface area contributed by atoms with E-state index < -0.39 is 15.8 Å². The molecule has 0 spiro atoms. The Labute approximate surface area is 148 Å². The van der Waals surface area contributed by atoms with Crippen molar-refractivity contribution in [2.45, 2.75) is 18.2 Å². The average molecular weight is 373 g/mol. The van der Waals surface area contributed by atoms with Crippen LogP contribution in [0, 0.1) is 0 Å². The fourth-order valence-electron chi connectivity index (χ4n) is 3.10. The Hall–Kier alpha value is -3.07. The monoisotopic (exact) mass is 373 g/mol. The van der Waals surface area contributed by atoms with Crippen molar-refractivity contribution in [3.05, 3.63) is 52.5 Å². The first-order valence-electron chi connectivity index (χ1n) is 7.90. The number of carbonyl (C=O) groups is 1. The second-order valence-corrected chi connectivity index (χ2v) is 7.72. The van der Waals surface area contributed by atoms with Gasteiger partial charge in [0.1, 0.15) is 0 Å². The van der Waals surface area contributed by atoms with Crippen LogP contribution < -0.4 is 15.4 Å². The number of anilines is 2. The maximum absolute atomic E-state index is 12.7. The van der Waals surface area contributed by atoms with Crippen LogP contribution in [-0.4, -0.2) is 25.9 Å². The molecule has 1 amide bonds. The van der Waals surface area contributed by atoms with E-state index in [1.54, 1.807) is 17.0 Å². The van der Waals surface area contributed by atoms with Gasteiger partial charge in [-0.05, 0) is 48.4 Å². The van der Waals surface area contributed by atoms with E-state index in [0.29, 0.717) is 29.8 Å². The molecule has 0 bridgehead atoms. The number of hydrogen-bond donors (Lipinski definition) is 2. The van der Waals surface area contributed by atoms with Crippen molar-refractivity contribution in [2.75, 3.05) is 16.2 Å². The summed E-state index contributed by atoms with van der Waals surface area (Å²) in [6, 6.07) is 9.22. The number of rotatable bonds is 3. The summed E-state index contributed by atoms with van der Waals surface area (Å²) >= 11 is 0. The van der Waals surface area contributed by atoms with E-state index in [-0.39, 0.29) is 10.8 Å². The molecule has 0 aliphatic carbocycles. The summed E-state index contributed by atoms with van der Waals surface area (Å²) in [6.07, 6.45) is 0.612. The molecule has 1 aromatic heterocycles. The molecule has 1 aliphatic rings. The van der Waals surface area contributed by atoms with Crippen LogP contribution in [0.1, 0.15) is 12.5 Å². The lowest BCUT2D eigenvalue weighted by atomic mass is 10.2. The van der Waals surface area contributed by atoms with E-state index in [1.165, 1.54) is 31.2 Å². The summed E-state index contributed by atoms with van der Waals surface area (Å²) < 4.78 is 32.7. The van der Waals surface area contributed by atoms with Gasteiger partial charge in [-0.3, -0.25) is 14.5 Å². The third kappa shape index (κ3) is 2.76. The standard InChI is InChI=1S/C17H15N3O5S/c1-10(21)20-7-6-11-8-13(3-4-15(11)20)26(23,24)19-12-2-5-16-14(9-12)18-17(22)25-16/h2-5,8-9,19H,6-7H2,1H3,(H,18,22). The number of sulfonamides is 1. The second kappa shape index (κ2) is 5.73. The van der Waals surface area contributed by atoms with Crippen LogP contribution in [0.25, 0.3) is 11.1 Å². The zero-order chi connectivity index (χ0) is 18.5. The molecule has 26 heavy (non-hydrogen) atoms. The number of amides is 1. The Bertz CT molecular complexity index is 1190. The summed E-state index contributed by atoms with van der Waals surface area (Å²) in [5.41, 5.74) is 2.62. The number of hydrogen-bond acceptors (Lipinski definition) is 5. The lowest BCUT2D eigenvalue weighted by Crippen LogP contribution is -2.25. The third-order valence-electron chi connectivity index (χ3n) is 4.31. The highest BCUT2D eigenvalue weighted by molar-refractivity contribution is 7.92. The number of nitrogens with one attached hydrogen (secondary N) is 2. The quantitative estimate of drug-likeness (QED) is 0.727. The molecule has 2 aromatic carbocycles. The van der Waals surface area contributed by atoms with Gasteiger partial charge in [0.15, 0.2) is 5.58 Å². The summed E-state index contributed by atoms with van der Waals surface area (Å²) in [5, 5.41) is 0. The summed E-state index contributed by atoms with van der Waals surface area (Å²) in [6.45, 7) is 2.03. The number of carbonyl (C=O) groups excluding carboxylic acids is 1. The first-order valence-corrected chi connectivity index (χ1v) is 9.38. The Morgan fingerprint density at radius 2 is 2.04 bits per heavy atom. The maximum atomic E-state index is 12.7. The van der Waals surface area contributed by atoms with Gasteiger partial charge >= 0.3 is 5.76 Å². The molecule has 1 aliphatic heterocycles. The largest absolute Gasteiger partial charge is 0.417 e. The molecule has 0 saturated heterocycles. The molecule has 134 valence electrons. The molecule has 2 N–H and O–H groups in total. The Morgan fingerprint density at radius 3 is 2.81 bits per heavy atom. The van der Waals surface area contributed by atoms with E-state index in [1.807, 2.05) is 0 Å². The number of oxazole rings is 1. The second-order valence-electron chi connectivity index (χ2n) is 6.04. The lowest BCUT2D eigenvalue weighted by molar-refractivity contribution is -0.116. The minimum absolute atomic E-state index is 0.0695. The van der Waals surface area contributed by atoms with Crippen molar-refractivity contribution in [1.82, 2.24) is 4.98 Å². The molecule has 8 nitrogen and oxygen atoms in total. The van der Waals surface area contributed by atoms with Crippen molar-refractivity contribution in [3.63, 3.8) is 0 Å². The minimum Gasteiger partial charge on any atom is -0.408 e. The summed E-state index contributed by atoms with van der Waals surface area (Å²) in [5.74, 6) is -0.673. The SMILES string of the molecule is CC(=O)N1CCc2cc(S(=O)(=O)Nc3ccc4oc(=O)[nH]c4c3)ccc21. The van der Waals surface area contributed by atoms with Gasteiger partial charge in [-0.25, -0.2) is 13.2 Å². The molecule has 4 rings (SSSR count). The van der Waals surface area contributed by atoms with Gasteiger partial charge in [-0.1, -0.05) is 0 Å². The fourth-order valence-corrected chi connectivity index (χ4v) is 4.20. The first kappa shape index (κ1) is 16.4. The van der Waals surface area contributed by atoms with Crippen molar-refractivity contribution in [3.8, 4) is 0 Å². The van der Waals surface area contributed by atoms with Crippen LogP contribution in [0.3, 0.4) is 0 Å². The average Bonchev–Trinajstić information content (AvgIpc) is 3.15. The van der Waals surface area contributed by atoms with Crippen LogP contribution in [0.5, 0.6) is 0 Å². The van der Waals surface area contributed by atoms with E-state index in [2.05, 4.69) is 9.71 Å². The van der Waals surface area contributed by atoms with Crippen LogP contribution in [0.4, 0.5) is 11.4 Å². The topological polar surface area (TPSA) is 112 Å². The summed E-state index contributed by atoms with van der Waals surface area (Å²) in [4.78, 5) is 27.0. The summed E-state index contributed by atoms with van der Waals surface area (Å²) in [7, 11) is -3.81. The molecule has 0 unspecified atom stereocenters. The van der Waals surface area contributed by atoms with Gasteiger partial charge in [0.25, 0.3) is 10.0 Å². The molecule has 0 saturated carbocycles. The molecule has 2 heterocycles. The van der Waals surface area contributed by atoms with E-state index >= 15 is 0 Å². The Morgan fingerprint density at radius 1 is 1.23 bits per heavy atom. The van der Waals surface area contributed by atoms with E-state index in [9.17, 15) is 18.0 Å². The number of benzene rings is 2. The number of aromatic amines is 1. The van der Waals surface area contributed by atoms with Gasteiger partial charge in [-0.2, -0.15) is 0 Å². The van der Waals surface area contributed by atoms with E-state index in [0.717, 1.165) is 11.3 Å². The maximum Gasteiger partial charge on any atom is 0.417 e. The van der Waals surface area contributed by atoms with Crippen LogP contribution >= 0.6 is 0 Å². The smallest absolute Gasteiger partial charge is 0.408 e. The van der Waals surface area contributed by atoms with Crippen LogP contribution in [0.2, 0.25) is 0 Å². The van der Waals surface area contributed by atoms with Crippen molar-refractivity contribution in [2.24, 2.45) is 0 Å². The number of nitrogens with zero attached hydrogens (tertiary/aromatic N) is 1. The van der Waals surface area contributed by atoms with Crippen molar-refractivity contribution in [1.29, 1.82) is 0 Å². The molecule has 3 aromatic rings. The van der Waals surface area contributed by atoms with Crippen molar-refractivity contribution >= 4 is 38.4 Å². The molecular weight excluding hydrogens is 358 g/mol. The highest BCUT2D eigenvalue weighted by atomic mass is 32.2. The number of fused-ring (bicyclic) bond motifs is 2. The predicted octanol–water partition coefficient (Wildman–Crippen LogP) is 1.83. The zero-order valence-corrected chi connectivity index (χ0v) is 14.6. The highest BCUT2D eigenvalue weighted by Crippen LogP contribution is 2.31. The van der Waals surface area contributed by atoms with Gasteiger partial charge in [0, 0.05) is 19.2 Å². The molecular formula is C17H15N3O5S. The zero-order valence-electron chi connectivity index (χ0n) is 13.8. The molecule has 9 heteroatoms. The Balaban J connectivity index is 1.66. The van der Waals surface area contributed by atoms with Gasteiger partial charge in [0.2, 0.25) is 5.91 Å². The number of H-pyrrole nitrogens is 1. The molecule has 0 radical (unpaired) electrons. The minimum atomic E-state index is -3.81. The third-order valence-corrected chi connectivity index (χ3v) is 5.69. The lowest BCUT2D eigenvalue weighted by Gasteiger charge is -2.15. The van der Waals surface area contributed by atoms with Gasteiger partial charge in [0.05, 0.1) is 16.1 Å².